The van der Waals surface area contributed by atoms with Gasteiger partial charge < -0.3 is 4.90 Å². The molecular formula is C14H15ClN2O3. The minimum atomic E-state index is -1.05. The molecule has 1 aromatic carbocycles. The largest absolute Gasteiger partial charge is 0.319 e. The summed E-state index contributed by atoms with van der Waals surface area (Å²) in [6.07, 6.45) is 0.0592. The third kappa shape index (κ3) is 2.67. The van der Waals surface area contributed by atoms with Crippen LogP contribution in [0.25, 0.3) is 0 Å². The van der Waals surface area contributed by atoms with E-state index in [2.05, 4.69) is 5.32 Å². The summed E-state index contributed by atoms with van der Waals surface area (Å²) in [5.41, 5.74) is -0.375. The van der Waals surface area contributed by atoms with Crippen LogP contribution in [-0.4, -0.2) is 34.7 Å². The van der Waals surface area contributed by atoms with Crippen molar-refractivity contribution in [2.45, 2.75) is 25.8 Å². The summed E-state index contributed by atoms with van der Waals surface area (Å²) in [6, 6.07) is 7.01. The Hall–Kier alpha value is -1.88. The molecule has 0 aromatic heterocycles. The number of halogens is 1. The highest BCUT2D eigenvalue weighted by Gasteiger charge is 2.43. The molecule has 6 heteroatoms. The van der Waals surface area contributed by atoms with Gasteiger partial charge in [0.25, 0.3) is 5.91 Å². The number of imide groups is 1. The van der Waals surface area contributed by atoms with Crippen LogP contribution >= 0.6 is 11.6 Å². The zero-order chi connectivity index (χ0) is 14.9. The third-order valence-corrected chi connectivity index (χ3v) is 3.75. The van der Waals surface area contributed by atoms with Crippen molar-refractivity contribution in [2.75, 3.05) is 6.54 Å². The highest BCUT2D eigenvalue weighted by molar-refractivity contribution is 6.31. The Kier molecular flexibility index (Phi) is 3.81. The number of carbonyl (C=O) groups excluding carboxylic acids is 3. The SMILES string of the molecule is CC1(C)C(=O)NC(=O)CN1C(=O)Cc1ccccc1Cl. The summed E-state index contributed by atoms with van der Waals surface area (Å²) in [5.74, 6) is -1.24. The first-order valence-corrected chi connectivity index (χ1v) is 6.58. The molecule has 0 bridgehead atoms. The fourth-order valence-corrected chi connectivity index (χ4v) is 2.29. The molecule has 1 aromatic rings. The number of benzene rings is 1. The second-order valence-corrected chi connectivity index (χ2v) is 5.59. The van der Waals surface area contributed by atoms with E-state index in [1.54, 1.807) is 38.1 Å². The topological polar surface area (TPSA) is 66.5 Å². The van der Waals surface area contributed by atoms with Crippen LogP contribution in [0.1, 0.15) is 19.4 Å². The second-order valence-electron chi connectivity index (χ2n) is 5.18. The molecule has 0 atom stereocenters. The average molecular weight is 295 g/mol. The molecule has 20 heavy (non-hydrogen) atoms. The predicted octanol–water partition coefficient (Wildman–Crippen LogP) is 1.15. The molecule has 2 rings (SSSR count). The molecule has 1 fully saturated rings. The molecule has 106 valence electrons. The molecule has 0 spiro atoms. The van der Waals surface area contributed by atoms with Crippen molar-refractivity contribution in [3.05, 3.63) is 34.9 Å². The minimum Gasteiger partial charge on any atom is -0.319 e. The number of hydrogen-bond donors (Lipinski definition) is 1. The van der Waals surface area contributed by atoms with Crippen LogP contribution in [-0.2, 0) is 20.8 Å². The van der Waals surface area contributed by atoms with Gasteiger partial charge in [-0.3, -0.25) is 19.7 Å². The van der Waals surface area contributed by atoms with Crippen LogP contribution in [0.5, 0.6) is 0 Å². The van der Waals surface area contributed by atoms with Gasteiger partial charge in [0.2, 0.25) is 11.8 Å². The van der Waals surface area contributed by atoms with E-state index in [1.165, 1.54) is 4.90 Å². The van der Waals surface area contributed by atoms with Crippen molar-refractivity contribution in [2.24, 2.45) is 0 Å². The van der Waals surface area contributed by atoms with Gasteiger partial charge in [-0.05, 0) is 25.5 Å². The van der Waals surface area contributed by atoms with Crippen LogP contribution in [0.4, 0.5) is 0 Å². The van der Waals surface area contributed by atoms with E-state index >= 15 is 0 Å². The van der Waals surface area contributed by atoms with Gasteiger partial charge in [0.1, 0.15) is 12.1 Å². The van der Waals surface area contributed by atoms with E-state index < -0.39 is 17.4 Å². The van der Waals surface area contributed by atoms with Gasteiger partial charge in [0.15, 0.2) is 0 Å². The maximum Gasteiger partial charge on any atom is 0.252 e. The van der Waals surface area contributed by atoms with Crippen molar-refractivity contribution >= 4 is 29.3 Å². The highest BCUT2D eigenvalue weighted by atomic mass is 35.5. The molecule has 0 radical (unpaired) electrons. The van der Waals surface area contributed by atoms with Crippen molar-refractivity contribution in [1.29, 1.82) is 0 Å². The fourth-order valence-electron chi connectivity index (χ4n) is 2.08. The molecule has 1 saturated heterocycles. The molecule has 0 saturated carbocycles. The Labute approximate surface area is 121 Å². The molecule has 1 heterocycles. The number of piperazine rings is 1. The van der Waals surface area contributed by atoms with Gasteiger partial charge in [0.05, 0.1) is 6.42 Å². The van der Waals surface area contributed by atoms with E-state index in [1.807, 2.05) is 0 Å². The summed E-state index contributed by atoms with van der Waals surface area (Å²) in [6.45, 7) is 3.10. The minimum absolute atomic E-state index is 0.0592. The first-order chi connectivity index (χ1) is 9.32. The van der Waals surface area contributed by atoms with E-state index in [0.717, 1.165) is 0 Å². The summed E-state index contributed by atoms with van der Waals surface area (Å²) in [4.78, 5) is 36.9. The fraction of sp³-hybridized carbons (Fsp3) is 0.357. The lowest BCUT2D eigenvalue weighted by Gasteiger charge is -2.40. The summed E-state index contributed by atoms with van der Waals surface area (Å²) >= 11 is 6.02. The number of rotatable bonds is 2. The molecule has 1 N–H and O–H groups in total. The second kappa shape index (κ2) is 5.25. The van der Waals surface area contributed by atoms with E-state index in [4.69, 9.17) is 11.6 Å². The molecule has 1 aliphatic rings. The van der Waals surface area contributed by atoms with Crippen LogP contribution in [0.2, 0.25) is 5.02 Å². The van der Waals surface area contributed by atoms with Crippen LogP contribution in [0.15, 0.2) is 24.3 Å². The number of nitrogens with one attached hydrogen (secondary N) is 1. The maximum atomic E-state index is 12.4. The molecule has 0 unspecified atom stereocenters. The first-order valence-electron chi connectivity index (χ1n) is 6.20. The number of nitrogens with zero attached hydrogens (tertiary/aromatic N) is 1. The normalized spacial score (nSPS) is 17.9. The van der Waals surface area contributed by atoms with Crippen molar-refractivity contribution < 1.29 is 14.4 Å². The lowest BCUT2D eigenvalue weighted by molar-refractivity contribution is -0.155. The summed E-state index contributed by atoms with van der Waals surface area (Å²) in [5, 5.41) is 2.72. The lowest BCUT2D eigenvalue weighted by atomic mass is 9.97. The quantitative estimate of drug-likeness (QED) is 0.832. The standard InChI is InChI=1S/C14H15ClN2O3/c1-14(2)13(20)16-11(18)8-17(14)12(19)7-9-5-3-4-6-10(9)15/h3-6H,7-8H2,1-2H3,(H,16,18,20). The van der Waals surface area contributed by atoms with E-state index in [0.29, 0.717) is 10.6 Å². The van der Waals surface area contributed by atoms with Gasteiger partial charge >= 0.3 is 0 Å². The van der Waals surface area contributed by atoms with Gasteiger partial charge in [-0.25, -0.2) is 0 Å². The molecule has 5 nitrogen and oxygen atoms in total. The van der Waals surface area contributed by atoms with Gasteiger partial charge in [-0.2, -0.15) is 0 Å². The van der Waals surface area contributed by atoms with Gasteiger partial charge in [-0.1, -0.05) is 29.8 Å². The van der Waals surface area contributed by atoms with Crippen molar-refractivity contribution in [1.82, 2.24) is 10.2 Å². The smallest absolute Gasteiger partial charge is 0.252 e. The van der Waals surface area contributed by atoms with Crippen LogP contribution < -0.4 is 5.32 Å². The Morgan fingerprint density at radius 2 is 2.00 bits per heavy atom. The Morgan fingerprint density at radius 3 is 2.65 bits per heavy atom. The molecule has 0 aliphatic carbocycles. The van der Waals surface area contributed by atoms with E-state index in [9.17, 15) is 14.4 Å². The van der Waals surface area contributed by atoms with Crippen molar-refractivity contribution in [3.8, 4) is 0 Å². The zero-order valence-electron chi connectivity index (χ0n) is 11.3. The van der Waals surface area contributed by atoms with Gasteiger partial charge in [-0.15, -0.1) is 0 Å². The highest BCUT2D eigenvalue weighted by Crippen LogP contribution is 2.22. The lowest BCUT2D eigenvalue weighted by Crippen LogP contribution is -2.65. The number of hydrogen-bond acceptors (Lipinski definition) is 3. The molecular weight excluding hydrogens is 280 g/mol. The average Bonchev–Trinajstić information content (AvgIpc) is 2.37. The Balaban J connectivity index is 2.22. The zero-order valence-corrected chi connectivity index (χ0v) is 12.0. The Morgan fingerprint density at radius 1 is 1.35 bits per heavy atom. The monoisotopic (exact) mass is 294 g/mol. The third-order valence-electron chi connectivity index (χ3n) is 3.39. The van der Waals surface area contributed by atoms with Crippen LogP contribution in [0, 0.1) is 0 Å². The van der Waals surface area contributed by atoms with Gasteiger partial charge in [0, 0.05) is 5.02 Å². The predicted molar refractivity (Wildman–Crippen MR) is 74.1 cm³/mol. The summed E-state index contributed by atoms with van der Waals surface area (Å²) in [7, 11) is 0. The molecule has 3 amide bonds. The first kappa shape index (κ1) is 14.5. The Bertz CT molecular complexity index is 584. The van der Waals surface area contributed by atoms with Crippen LogP contribution in [0.3, 0.4) is 0 Å². The number of carbonyl (C=O) groups is 3. The van der Waals surface area contributed by atoms with Crippen molar-refractivity contribution in [3.63, 3.8) is 0 Å². The maximum absolute atomic E-state index is 12.4. The number of amides is 3. The molecule has 1 aliphatic heterocycles. The van der Waals surface area contributed by atoms with E-state index in [-0.39, 0.29) is 18.9 Å². The summed E-state index contributed by atoms with van der Waals surface area (Å²) < 4.78 is 0.